The number of hydrogen-bond acceptors (Lipinski definition) is 3. The Morgan fingerprint density at radius 1 is 1.75 bits per heavy atom. The van der Waals surface area contributed by atoms with Crippen LogP contribution in [0.15, 0.2) is 0 Å². The third kappa shape index (κ3) is 2.68. The SMILES string of the molecule is O[O][Sn][OH]. The van der Waals surface area contributed by atoms with Crippen molar-refractivity contribution in [3.63, 3.8) is 0 Å². The zero-order valence-electron chi connectivity index (χ0n) is 1.80. The second kappa shape index (κ2) is 3.68. The first-order valence-electron chi connectivity index (χ1n) is 0.610. The molecule has 0 rings (SSSR count). The van der Waals surface area contributed by atoms with Gasteiger partial charge in [-0.2, -0.15) is 0 Å². The first-order chi connectivity index (χ1) is 1.91. The molecule has 0 unspecified atom stereocenters. The van der Waals surface area contributed by atoms with Gasteiger partial charge >= 0.3 is 33.9 Å². The van der Waals surface area contributed by atoms with Gasteiger partial charge in [-0.3, -0.25) is 0 Å². The van der Waals surface area contributed by atoms with Gasteiger partial charge in [-0.05, 0) is 0 Å². The summed E-state index contributed by atoms with van der Waals surface area (Å²) in [4.78, 5) is 0. The van der Waals surface area contributed by atoms with Crippen LogP contribution >= 0.6 is 0 Å². The summed E-state index contributed by atoms with van der Waals surface area (Å²) in [5.41, 5.74) is 0. The van der Waals surface area contributed by atoms with Crippen LogP contribution in [0.3, 0.4) is 0 Å². The quantitative estimate of drug-likeness (QED) is 0.300. The average Bonchev–Trinajstić information content (AvgIpc) is 1.37. The molecule has 2 N–H and O–H groups in total. The maximum atomic E-state index is 7.57. The van der Waals surface area contributed by atoms with Crippen LogP contribution in [0.5, 0.6) is 0 Å². The minimum absolute atomic E-state index is 1.72. The third-order valence-electron chi connectivity index (χ3n) is 0.0408. The van der Waals surface area contributed by atoms with Crippen molar-refractivity contribution in [3.05, 3.63) is 0 Å². The minimum atomic E-state index is -1.72. The van der Waals surface area contributed by atoms with E-state index in [1.54, 1.807) is 0 Å². The Bertz CT molecular complexity index is 5.25. The van der Waals surface area contributed by atoms with E-state index in [9.17, 15) is 0 Å². The Hall–Kier alpha value is 0.679. The first kappa shape index (κ1) is 4.68. The standard InChI is InChI=1S/H2O2.H2O.Sn/c1-2;;/h1-2H;1H2;/q;;+2/p-2. The second-order valence-electron chi connectivity index (χ2n) is 0.183. The zero-order valence-corrected chi connectivity index (χ0v) is 4.66. The molecule has 4 heteroatoms. The van der Waals surface area contributed by atoms with Crippen LogP contribution in [0.2, 0.25) is 0 Å². The fraction of sp³-hybridized carbons (Fsp3) is 0. The van der Waals surface area contributed by atoms with Gasteiger partial charge in [-0.25, -0.2) is 0 Å². The van der Waals surface area contributed by atoms with Gasteiger partial charge in [0.2, 0.25) is 0 Å². The van der Waals surface area contributed by atoms with Gasteiger partial charge in [0, 0.05) is 0 Å². The summed E-state index contributed by atoms with van der Waals surface area (Å²) in [5, 5.41) is 7.20. The zero-order chi connectivity index (χ0) is 3.41. The maximum absolute atomic E-state index is 7.57. The summed E-state index contributed by atoms with van der Waals surface area (Å²) in [5.74, 6) is 0. The van der Waals surface area contributed by atoms with Crippen molar-refractivity contribution in [1.29, 1.82) is 0 Å². The van der Waals surface area contributed by atoms with Crippen LogP contribution in [0.1, 0.15) is 0 Å². The molecular weight excluding hydrogens is 167 g/mol. The molecule has 0 aromatic carbocycles. The van der Waals surface area contributed by atoms with E-state index in [0.29, 0.717) is 0 Å². The number of hydrogen-bond donors (Lipinski definition) is 2. The summed E-state index contributed by atoms with van der Waals surface area (Å²) >= 11 is -1.72. The van der Waals surface area contributed by atoms with E-state index < -0.39 is 22.0 Å². The van der Waals surface area contributed by atoms with Gasteiger partial charge in [0.1, 0.15) is 0 Å². The predicted octanol–water partition coefficient (Wildman–Crippen LogP) is -0.998. The Kier molecular flexibility index (Phi) is 4.30. The van der Waals surface area contributed by atoms with E-state index in [1.165, 1.54) is 0 Å². The van der Waals surface area contributed by atoms with E-state index in [-0.39, 0.29) is 0 Å². The van der Waals surface area contributed by atoms with E-state index >= 15 is 0 Å². The molecule has 4 heavy (non-hydrogen) atoms. The molecule has 0 aliphatic carbocycles. The van der Waals surface area contributed by atoms with Crippen LogP contribution in [-0.4, -0.2) is 30.7 Å². The van der Waals surface area contributed by atoms with Crippen LogP contribution in [0.25, 0.3) is 0 Å². The molecule has 2 radical (unpaired) electrons. The second-order valence-corrected chi connectivity index (χ2v) is 1.22. The molecule has 0 saturated carbocycles. The molecular formula is H2O3Sn. The molecule has 0 spiro atoms. The van der Waals surface area contributed by atoms with Crippen molar-refractivity contribution >= 4 is 22.0 Å². The van der Waals surface area contributed by atoms with Gasteiger partial charge in [0.15, 0.2) is 0 Å². The summed E-state index contributed by atoms with van der Waals surface area (Å²) < 4.78 is 10.8. The third-order valence-corrected chi connectivity index (χ3v) is 0.274. The normalized spacial score (nSPS) is 7.50. The average molecular weight is 169 g/mol. The van der Waals surface area contributed by atoms with Gasteiger partial charge in [-0.15, -0.1) is 0 Å². The van der Waals surface area contributed by atoms with Gasteiger partial charge in [-0.1, -0.05) is 0 Å². The number of rotatable bonds is 1. The van der Waals surface area contributed by atoms with E-state index in [2.05, 4.69) is 3.22 Å². The molecule has 0 aliphatic rings. The summed E-state index contributed by atoms with van der Waals surface area (Å²) in [7, 11) is 0. The van der Waals surface area contributed by atoms with Crippen molar-refractivity contribution in [1.82, 2.24) is 0 Å². The van der Waals surface area contributed by atoms with Crippen LogP contribution in [0, 0.1) is 0 Å². The molecule has 0 heterocycles. The molecule has 0 aromatic heterocycles. The molecule has 3 nitrogen and oxygen atoms in total. The van der Waals surface area contributed by atoms with E-state index in [1.807, 2.05) is 0 Å². The van der Waals surface area contributed by atoms with E-state index in [0.717, 1.165) is 0 Å². The molecule has 0 amide bonds. The predicted molar refractivity (Wildman–Crippen MR) is 11.7 cm³/mol. The molecule has 24 valence electrons. The monoisotopic (exact) mass is 170 g/mol. The van der Waals surface area contributed by atoms with Gasteiger partial charge in [0.25, 0.3) is 0 Å². The Morgan fingerprint density at radius 3 is 2.00 bits per heavy atom. The van der Waals surface area contributed by atoms with Crippen molar-refractivity contribution in [2.45, 2.75) is 0 Å². The Labute approximate surface area is 34.4 Å². The Balaban J connectivity index is 1.97. The fourth-order valence-electron chi connectivity index (χ4n) is 0. The molecule has 0 fully saturated rings. The van der Waals surface area contributed by atoms with Crippen molar-refractivity contribution < 1.29 is 11.9 Å². The van der Waals surface area contributed by atoms with Crippen LogP contribution in [0.4, 0.5) is 0 Å². The molecule has 0 aliphatic heterocycles. The molecule has 0 atom stereocenters. The topological polar surface area (TPSA) is 49.7 Å². The molecule has 0 bridgehead atoms. The first-order valence-corrected chi connectivity index (χ1v) is 3.05. The van der Waals surface area contributed by atoms with Gasteiger partial charge in [0.05, 0.1) is 0 Å². The fourth-order valence-corrected chi connectivity index (χ4v) is 0. The summed E-state index contributed by atoms with van der Waals surface area (Å²) in [6, 6.07) is 0. The van der Waals surface area contributed by atoms with Crippen molar-refractivity contribution in [2.24, 2.45) is 0 Å². The van der Waals surface area contributed by atoms with E-state index in [4.69, 9.17) is 8.70 Å². The van der Waals surface area contributed by atoms with Crippen LogP contribution < -0.4 is 0 Å². The molecule has 0 saturated heterocycles. The van der Waals surface area contributed by atoms with Crippen LogP contribution in [-0.2, 0) is 3.22 Å². The van der Waals surface area contributed by atoms with Gasteiger partial charge < -0.3 is 0 Å². The van der Waals surface area contributed by atoms with Crippen molar-refractivity contribution in [3.8, 4) is 0 Å². The Morgan fingerprint density at radius 2 is 2.00 bits per heavy atom. The van der Waals surface area contributed by atoms with Crippen molar-refractivity contribution in [2.75, 3.05) is 0 Å². The summed E-state index contributed by atoms with van der Waals surface area (Å²) in [6.07, 6.45) is 0. The molecule has 0 aromatic rings. The summed E-state index contributed by atoms with van der Waals surface area (Å²) in [6.45, 7) is 0.